The average molecular weight is 193 g/mol. The van der Waals surface area contributed by atoms with Crippen LogP contribution in [0.3, 0.4) is 0 Å². The van der Waals surface area contributed by atoms with Gasteiger partial charge in [0, 0.05) is 12.2 Å². The maximum atomic E-state index is 10.3. The Hall–Kier alpha value is -1.51. The largest absolute Gasteiger partial charge is 0.481 e. The molecular weight excluding hydrogens is 178 g/mol. The van der Waals surface area contributed by atoms with Crippen LogP contribution in [0.5, 0.6) is 0 Å². The maximum absolute atomic E-state index is 10.3. The summed E-state index contributed by atoms with van der Waals surface area (Å²) in [5.74, 6) is -0.772. The first kappa shape index (κ1) is 10.6. The molecule has 0 saturated carbocycles. The zero-order valence-corrected chi connectivity index (χ0v) is 8.29. The van der Waals surface area contributed by atoms with Crippen molar-refractivity contribution in [3.63, 3.8) is 0 Å². The van der Waals surface area contributed by atoms with Crippen LogP contribution in [-0.4, -0.2) is 17.6 Å². The van der Waals surface area contributed by atoms with Crippen LogP contribution in [0.15, 0.2) is 24.3 Å². The topological polar surface area (TPSA) is 49.3 Å². The number of aliphatic carboxylic acids is 1. The molecule has 1 rings (SSSR count). The molecule has 0 unspecified atom stereocenters. The summed E-state index contributed by atoms with van der Waals surface area (Å²) in [7, 11) is 0. The lowest BCUT2D eigenvalue weighted by molar-refractivity contribution is -0.136. The van der Waals surface area contributed by atoms with Crippen LogP contribution >= 0.6 is 0 Å². The van der Waals surface area contributed by atoms with Crippen LogP contribution in [0.4, 0.5) is 5.69 Å². The van der Waals surface area contributed by atoms with Crippen LogP contribution in [0.2, 0.25) is 0 Å². The molecule has 3 nitrogen and oxygen atoms in total. The van der Waals surface area contributed by atoms with Gasteiger partial charge >= 0.3 is 5.97 Å². The number of hydrogen-bond acceptors (Lipinski definition) is 2. The van der Waals surface area contributed by atoms with Gasteiger partial charge in [-0.3, -0.25) is 4.79 Å². The second-order valence-corrected chi connectivity index (χ2v) is 3.08. The van der Waals surface area contributed by atoms with E-state index in [1.807, 2.05) is 24.3 Å². The number of carbonyl (C=O) groups is 1. The van der Waals surface area contributed by atoms with Gasteiger partial charge in [0.05, 0.1) is 6.42 Å². The summed E-state index contributed by atoms with van der Waals surface area (Å²) in [4.78, 5) is 10.3. The predicted molar refractivity (Wildman–Crippen MR) is 56.6 cm³/mol. The van der Waals surface area contributed by atoms with Crippen molar-refractivity contribution in [2.24, 2.45) is 0 Å². The lowest BCUT2D eigenvalue weighted by Gasteiger charge is -2.09. The highest BCUT2D eigenvalue weighted by Gasteiger charge is 1.99. The average Bonchev–Trinajstić information content (AvgIpc) is 2.18. The van der Waals surface area contributed by atoms with Crippen molar-refractivity contribution < 1.29 is 9.90 Å². The number of carboxylic acid groups (broad SMARTS) is 1. The Balaban J connectivity index is 2.53. The minimum atomic E-state index is -0.772. The van der Waals surface area contributed by atoms with Crippen molar-refractivity contribution in [2.75, 3.05) is 11.9 Å². The second-order valence-electron chi connectivity index (χ2n) is 3.08. The Morgan fingerprint density at radius 3 is 2.79 bits per heavy atom. The Labute approximate surface area is 83.8 Å². The zero-order valence-electron chi connectivity index (χ0n) is 8.29. The van der Waals surface area contributed by atoms with E-state index in [0.29, 0.717) is 6.54 Å². The van der Waals surface area contributed by atoms with E-state index in [-0.39, 0.29) is 6.42 Å². The highest BCUT2D eigenvalue weighted by atomic mass is 16.4. The first-order valence-corrected chi connectivity index (χ1v) is 4.77. The molecular formula is C11H15NO2. The SMILES string of the molecule is CCc1ccccc1NCCC(=O)O. The third-order valence-electron chi connectivity index (χ3n) is 2.05. The molecule has 1 aromatic rings. The van der Waals surface area contributed by atoms with Gasteiger partial charge in [0.25, 0.3) is 0 Å². The van der Waals surface area contributed by atoms with Crippen LogP contribution in [0, 0.1) is 0 Å². The van der Waals surface area contributed by atoms with Crippen molar-refractivity contribution in [2.45, 2.75) is 19.8 Å². The third-order valence-corrected chi connectivity index (χ3v) is 2.05. The Bertz CT molecular complexity index is 310. The molecule has 0 heterocycles. The number of aryl methyl sites for hydroxylation is 1. The van der Waals surface area contributed by atoms with Gasteiger partial charge in [-0.2, -0.15) is 0 Å². The molecule has 0 aliphatic carbocycles. The van der Waals surface area contributed by atoms with Crippen molar-refractivity contribution in [1.29, 1.82) is 0 Å². The summed E-state index contributed by atoms with van der Waals surface area (Å²) in [6.45, 7) is 2.56. The van der Waals surface area contributed by atoms with E-state index < -0.39 is 5.97 Å². The highest BCUT2D eigenvalue weighted by molar-refractivity contribution is 5.67. The van der Waals surface area contributed by atoms with Gasteiger partial charge < -0.3 is 10.4 Å². The molecule has 0 atom stereocenters. The third kappa shape index (κ3) is 3.09. The molecule has 76 valence electrons. The van der Waals surface area contributed by atoms with E-state index in [2.05, 4.69) is 12.2 Å². The van der Waals surface area contributed by atoms with Gasteiger partial charge in [0.15, 0.2) is 0 Å². The summed E-state index contributed by atoms with van der Waals surface area (Å²) >= 11 is 0. The van der Waals surface area contributed by atoms with E-state index in [4.69, 9.17) is 5.11 Å². The van der Waals surface area contributed by atoms with Crippen molar-refractivity contribution in [3.05, 3.63) is 29.8 Å². The summed E-state index contributed by atoms with van der Waals surface area (Å²) in [5.41, 5.74) is 2.26. The summed E-state index contributed by atoms with van der Waals surface area (Å²) in [6.07, 6.45) is 1.11. The normalized spacial score (nSPS) is 9.79. The van der Waals surface area contributed by atoms with Crippen LogP contribution in [0.25, 0.3) is 0 Å². The molecule has 0 spiro atoms. The minimum absolute atomic E-state index is 0.151. The fraction of sp³-hybridized carbons (Fsp3) is 0.364. The molecule has 1 aromatic carbocycles. The number of rotatable bonds is 5. The number of benzene rings is 1. The van der Waals surface area contributed by atoms with E-state index in [0.717, 1.165) is 12.1 Å². The van der Waals surface area contributed by atoms with Gasteiger partial charge in [0.2, 0.25) is 0 Å². The molecule has 0 aliphatic rings. The second kappa shape index (κ2) is 5.27. The molecule has 0 bridgehead atoms. The molecule has 0 radical (unpaired) electrons. The van der Waals surface area contributed by atoms with Crippen molar-refractivity contribution >= 4 is 11.7 Å². The molecule has 14 heavy (non-hydrogen) atoms. The minimum Gasteiger partial charge on any atom is -0.481 e. The number of nitrogens with one attached hydrogen (secondary N) is 1. The van der Waals surface area contributed by atoms with E-state index in [1.54, 1.807) is 0 Å². The van der Waals surface area contributed by atoms with Crippen LogP contribution in [0.1, 0.15) is 18.9 Å². The monoisotopic (exact) mass is 193 g/mol. The standard InChI is InChI=1S/C11H15NO2/c1-2-9-5-3-4-6-10(9)12-8-7-11(13)14/h3-6,12H,2,7-8H2,1H3,(H,13,14). The fourth-order valence-electron chi connectivity index (χ4n) is 1.31. The van der Waals surface area contributed by atoms with Crippen molar-refractivity contribution in [1.82, 2.24) is 0 Å². The first-order valence-electron chi connectivity index (χ1n) is 4.77. The quantitative estimate of drug-likeness (QED) is 0.753. The Morgan fingerprint density at radius 1 is 1.43 bits per heavy atom. The molecule has 3 heteroatoms. The maximum Gasteiger partial charge on any atom is 0.305 e. The zero-order chi connectivity index (χ0) is 10.4. The van der Waals surface area contributed by atoms with Gasteiger partial charge in [-0.05, 0) is 18.1 Å². The Kier molecular flexibility index (Phi) is 3.98. The molecule has 2 N–H and O–H groups in total. The van der Waals surface area contributed by atoms with Crippen molar-refractivity contribution in [3.8, 4) is 0 Å². The first-order chi connectivity index (χ1) is 6.74. The summed E-state index contributed by atoms with van der Waals surface area (Å²) in [5, 5.41) is 11.6. The predicted octanol–water partition coefficient (Wildman–Crippen LogP) is 2.14. The molecule has 0 fully saturated rings. The smallest absolute Gasteiger partial charge is 0.305 e. The number of carboxylic acids is 1. The highest BCUT2D eigenvalue weighted by Crippen LogP contribution is 2.14. The number of hydrogen-bond donors (Lipinski definition) is 2. The Morgan fingerprint density at radius 2 is 2.14 bits per heavy atom. The molecule has 0 amide bonds. The number of anilines is 1. The van der Waals surface area contributed by atoms with E-state index in [1.165, 1.54) is 5.56 Å². The van der Waals surface area contributed by atoms with E-state index >= 15 is 0 Å². The van der Waals surface area contributed by atoms with Gasteiger partial charge in [-0.15, -0.1) is 0 Å². The van der Waals surface area contributed by atoms with Crippen LogP contribution in [-0.2, 0) is 11.2 Å². The molecule has 0 aromatic heterocycles. The number of para-hydroxylation sites is 1. The summed E-state index contributed by atoms with van der Waals surface area (Å²) in [6, 6.07) is 7.95. The molecule has 0 saturated heterocycles. The fourth-order valence-corrected chi connectivity index (χ4v) is 1.31. The molecule has 0 aliphatic heterocycles. The van der Waals surface area contributed by atoms with Gasteiger partial charge in [0.1, 0.15) is 0 Å². The van der Waals surface area contributed by atoms with Crippen LogP contribution < -0.4 is 5.32 Å². The lowest BCUT2D eigenvalue weighted by Crippen LogP contribution is -2.08. The lowest BCUT2D eigenvalue weighted by atomic mass is 10.1. The summed E-state index contributed by atoms with van der Waals surface area (Å²) < 4.78 is 0. The van der Waals surface area contributed by atoms with E-state index in [9.17, 15) is 4.79 Å². The van der Waals surface area contributed by atoms with Gasteiger partial charge in [-0.1, -0.05) is 25.1 Å². The van der Waals surface area contributed by atoms with Gasteiger partial charge in [-0.25, -0.2) is 0 Å².